The van der Waals surface area contributed by atoms with Gasteiger partial charge >= 0.3 is 5.97 Å². The lowest BCUT2D eigenvalue weighted by Gasteiger charge is -2.07. The maximum Gasteiger partial charge on any atom is 0.341 e. The van der Waals surface area contributed by atoms with E-state index in [1.165, 1.54) is 23.5 Å². The predicted octanol–water partition coefficient (Wildman–Crippen LogP) is 5.41. The van der Waals surface area contributed by atoms with Crippen molar-refractivity contribution in [3.05, 3.63) is 80.9 Å². The third-order valence-corrected chi connectivity index (χ3v) is 5.35. The summed E-state index contributed by atoms with van der Waals surface area (Å²) < 4.78 is 5.08. The summed E-state index contributed by atoms with van der Waals surface area (Å²) in [7, 11) is 0. The smallest absolute Gasteiger partial charge is 0.341 e. The van der Waals surface area contributed by atoms with Gasteiger partial charge in [0.25, 0.3) is 11.6 Å². The molecule has 148 valence electrons. The highest BCUT2D eigenvalue weighted by molar-refractivity contribution is 7.20. The molecule has 7 nitrogen and oxygen atoms in total. The molecule has 0 radical (unpaired) electrons. The Morgan fingerprint density at radius 1 is 1.14 bits per heavy atom. The number of thiophene rings is 1. The number of rotatable bonds is 6. The quantitative estimate of drug-likeness (QED) is 0.320. The molecule has 0 saturated heterocycles. The van der Waals surface area contributed by atoms with Gasteiger partial charge in [-0.3, -0.25) is 14.9 Å². The summed E-state index contributed by atoms with van der Waals surface area (Å²) >= 11 is 7.24. The van der Waals surface area contributed by atoms with Gasteiger partial charge < -0.3 is 10.1 Å². The summed E-state index contributed by atoms with van der Waals surface area (Å²) in [6.07, 6.45) is 0. The second kappa shape index (κ2) is 8.85. The van der Waals surface area contributed by atoms with Gasteiger partial charge in [0.1, 0.15) is 5.00 Å². The second-order valence-electron chi connectivity index (χ2n) is 5.82. The van der Waals surface area contributed by atoms with E-state index < -0.39 is 16.8 Å². The first kappa shape index (κ1) is 20.5. The Bertz CT molecular complexity index is 1080. The molecule has 0 aliphatic heterocycles. The van der Waals surface area contributed by atoms with Crippen LogP contribution < -0.4 is 5.32 Å². The van der Waals surface area contributed by atoms with Gasteiger partial charge in [-0.1, -0.05) is 41.9 Å². The van der Waals surface area contributed by atoms with Crippen molar-refractivity contribution in [3.8, 4) is 10.4 Å². The van der Waals surface area contributed by atoms with E-state index in [0.717, 1.165) is 16.5 Å². The van der Waals surface area contributed by atoms with Crippen LogP contribution in [0.5, 0.6) is 0 Å². The summed E-state index contributed by atoms with van der Waals surface area (Å²) in [5, 5.41) is 14.0. The Balaban J connectivity index is 1.98. The lowest BCUT2D eigenvalue weighted by atomic mass is 10.1. The van der Waals surface area contributed by atoms with Crippen LogP contribution in [-0.4, -0.2) is 23.4 Å². The van der Waals surface area contributed by atoms with E-state index in [2.05, 4.69) is 5.32 Å². The molecule has 0 atom stereocenters. The number of ether oxygens (including phenoxy) is 1. The molecule has 9 heteroatoms. The average Bonchev–Trinajstić information content (AvgIpc) is 3.13. The van der Waals surface area contributed by atoms with Crippen molar-refractivity contribution in [2.75, 3.05) is 11.9 Å². The van der Waals surface area contributed by atoms with Gasteiger partial charge in [-0.25, -0.2) is 4.79 Å². The molecular formula is C20H15ClN2O5S. The normalized spacial score (nSPS) is 10.4. The van der Waals surface area contributed by atoms with Crippen molar-refractivity contribution < 1.29 is 19.2 Å². The van der Waals surface area contributed by atoms with Crippen LogP contribution in [-0.2, 0) is 4.74 Å². The number of halogens is 1. The maximum atomic E-state index is 12.7. The van der Waals surface area contributed by atoms with E-state index in [1.807, 2.05) is 30.3 Å². The molecule has 3 aromatic rings. The van der Waals surface area contributed by atoms with E-state index >= 15 is 0 Å². The van der Waals surface area contributed by atoms with Gasteiger partial charge in [-0.2, -0.15) is 0 Å². The predicted molar refractivity (Wildman–Crippen MR) is 112 cm³/mol. The molecule has 1 heterocycles. The highest BCUT2D eigenvalue weighted by Crippen LogP contribution is 2.36. The molecule has 2 aromatic carbocycles. The summed E-state index contributed by atoms with van der Waals surface area (Å²) in [5.41, 5.74) is 0.745. The van der Waals surface area contributed by atoms with Crippen LogP contribution in [0.15, 0.2) is 54.6 Å². The number of carbonyl (C=O) groups excluding carboxylic acids is 2. The van der Waals surface area contributed by atoms with E-state index in [1.54, 1.807) is 13.0 Å². The fourth-order valence-electron chi connectivity index (χ4n) is 2.56. The van der Waals surface area contributed by atoms with E-state index in [0.29, 0.717) is 0 Å². The molecule has 0 bridgehead atoms. The van der Waals surface area contributed by atoms with Crippen molar-refractivity contribution >= 4 is 45.5 Å². The van der Waals surface area contributed by atoms with Gasteiger partial charge in [0.2, 0.25) is 0 Å². The van der Waals surface area contributed by atoms with Crippen LogP contribution in [0.3, 0.4) is 0 Å². The zero-order valence-corrected chi connectivity index (χ0v) is 16.8. The number of esters is 1. The maximum absolute atomic E-state index is 12.7. The average molecular weight is 431 g/mol. The number of non-ortho nitro benzene ring substituents is 1. The first-order chi connectivity index (χ1) is 13.9. The largest absolute Gasteiger partial charge is 0.462 e. The first-order valence-corrected chi connectivity index (χ1v) is 9.71. The molecule has 0 spiro atoms. The van der Waals surface area contributed by atoms with Gasteiger partial charge in [-0.05, 0) is 24.6 Å². The summed E-state index contributed by atoms with van der Waals surface area (Å²) in [6, 6.07) is 14.6. The Morgan fingerprint density at radius 2 is 1.86 bits per heavy atom. The highest BCUT2D eigenvalue weighted by Gasteiger charge is 2.22. The lowest BCUT2D eigenvalue weighted by molar-refractivity contribution is -0.384. The first-order valence-electron chi connectivity index (χ1n) is 8.52. The van der Waals surface area contributed by atoms with Crippen molar-refractivity contribution in [1.29, 1.82) is 0 Å². The number of nitro groups is 1. The number of nitrogens with one attached hydrogen (secondary N) is 1. The number of nitrogens with zero attached hydrogens (tertiary/aromatic N) is 1. The van der Waals surface area contributed by atoms with Crippen molar-refractivity contribution in [1.82, 2.24) is 0 Å². The van der Waals surface area contributed by atoms with Gasteiger partial charge in [0.05, 0.1) is 27.7 Å². The van der Waals surface area contributed by atoms with E-state index in [4.69, 9.17) is 16.3 Å². The molecule has 0 saturated carbocycles. The van der Waals surface area contributed by atoms with Gasteiger partial charge in [0.15, 0.2) is 0 Å². The molecule has 29 heavy (non-hydrogen) atoms. The second-order valence-corrected chi connectivity index (χ2v) is 7.27. The Hall–Kier alpha value is -3.23. The summed E-state index contributed by atoms with van der Waals surface area (Å²) in [6.45, 7) is 1.86. The van der Waals surface area contributed by atoms with Crippen LogP contribution in [0.2, 0.25) is 5.02 Å². The highest BCUT2D eigenvalue weighted by atomic mass is 35.5. The molecular weight excluding hydrogens is 416 g/mol. The van der Waals surface area contributed by atoms with Crippen LogP contribution in [0.4, 0.5) is 10.7 Å². The fraction of sp³-hybridized carbons (Fsp3) is 0.100. The molecule has 1 amide bonds. The Labute approximate surface area is 175 Å². The van der Waals surface area contributed by atoms with Crippen LogP contribution in [0.1, 0.15) is 27.6 Å². The number of anilines is 1. The van der Waals surface area contributed by atoms with E-state index in [9.17, 15) is 19.7 Å². The minimum Gasteiger partial charge on any atom is -0.462 e. The third kappa shape index (κ3) is 4.61. The standard InChI is InChI=1S/C20H15ClN2O5S/c1-2-28-20(25)15-11-17(12-6-4-3-5-7-12)29-19(15)22-18(24)14-10-13(23(26)27)8-9-16(14)21/h3-11H,2H2,1H3,(H,22,24). The Kier molecular flexibility index (Phi) is 6.26. The number of hydrogen-bond donors (Lipinski definition) is 1. The van der Waals surface area contributed by atoms with Gasteiger partial charge in [0, 0.05) is 17.0 Å². The SMILES string of the molecule is CCOC(=O)c1cc(-c2ccccc2)sc1NC(=O)c1cc([N+](=O)[O-])ccc1Cl. The molecule has 0 unspecified atom stereocenters. The summed E-state index contributed by atoms with van der Waals surface area (Å²) in [4.78, 5) is 36.2. The number of carbonyl (C=O) groups is 2. The molecule has 1 aromatic heterocycles. The van der Waals surface area contributed by atoms with E-state index in [-0.39, 0.29) is 33.4 Å². The van der Waals surface area contributed by atoms with Crippen LogP contribution in [0, 0.1) is 10.1 Å². The fourth-order valence-corrected chi connectivity index (χ4v) is 3.81. The third-order valence-electron chi connectivity index (χ3n) is 3.92. The zero-order valence-electron chi connectivity index (χ0n) is 15.2. The molecule has 1 N–H and O–H groups in total. The lowest BCUT2D eigenvalue weighted by Crippen LogP contribution is -2.15. The number of benzene rings is 2. The van der Waals surface area contributed by atoms with Crippen molar-refractivity contribution in [2.45, 2.75) is 6.92 Å². The molecule has 0 aliphatic carbocycles. The van der Waals surface area contributed by atoms with Gasteiger partial charge in [-0.15, -0.1) is 11.3 Å². The zero-order chi connectivity index (χ0) is 21.0. The monoisotopic (exact) mass is 430 g/mol. The summed E-state index contributed by atoms with van der Waals surface area (Å²) in [5.74, 6) is -1.24. The molecule has 0 fully saturated rings. The van der Waals surface area contributed by atoms with Crippen molar-refractivity contribution in [3.63, 3.8) is 0 Å². The minimum absolute atomic E-state index is 0.0608. The number of nitro benzene ring substituents is 1. The van der Waals surface area contributed by atoms with Crippen molar-refractivity contribution in [2.24, 2.45) is 0 Å². The molecule has 0 aliphatic rings. The number of hydrogen-bond acceptors (Lipinski definition) is 6. The topological polar surface area (TPSA) is 98.5 Å². The molecule has 3 rings (SSSR count). The number of amides is 1. The minimum atomic E-state index is -0.661. The van der Waals surface area contributed by atoms with Crippen LogP contribution in [0.25, 0.3) is 10.4 Å². The van der Waals surface area contributed by atoms with Crippen LogP contribution >= 0.6 is 22.9 Å². The Morgan fingerprint density at radius 3 is 2.52 bits per heavy atom.